The van der Waals surface area contributed by atoms with Crippen molar-refractivity contribution in [1.29, 1.82) is 0 Å². The van der Waals surface area contributed by atoms with Gasteiger partial charge >= 0.3 is 0 Å². The summed E-state index contributed by atoms with van der Waals surface area (Å²) in [6.45, 7) is 1.19. The third-order valence-corrected chi connectivity index (χ3v) is 3.26. The lowest BCUT2D eigenvalue weighted by Crippen LogP contribution is -2.38. The molecule has 1 aromatic rings. The zero-order valence-electron chi connectivity index (χ0n) is 9.06. The van der Waals surface area contributed by atoms with Gasteiger partial charge in [-0.2, -0.15) is 0 Å². The lowest BCUT2D eigenvalue weighted by Gasteiger charge is -2.28. The van der Waals surface area contributed by atoms with Gasteiger partial charge < -0.3 is 9.88 Å². The Balaban J connectivity index is 2.06. The molecule has 17 heavy (non-hydrogen) atoms. The highest BCUT2D eigenvalue weighted by atomic mass is 35.5. The van der Waals surface area contributed by atoms with Crippen molar-refractivity contribution in [3.05, 3.63) is 28.1 Å². The Morgan fingerprint density at radius 1 is 1.53 bits per heavy atom. The summed E-state index contributed by atoms with van der Waals surface area (Å²) >= 11 is 5.94. The summed E-state index contributed by atoms with van der Waals surface area (Å²) in [5.74, 6) is -0.207. The molecule has 2 rings (SSSR count). The van der Waals surface area contributed by atoms with Gasteiger partial charge in [-0.3, -0.25) is 14.9 Å². The van der Waals surface area contributed by atoms with Gasteiger partial charge in [0.05, 0.1) is 11.1 Å². The normalized spacial score (nSPS) is 17.1. The number of alkyl halides is 1. The van der Waals surface area contributed by atoms with Crippen LogP contribution in [0.3, 0.4) is 0 Å². The quantitative estimate of drug-likeness (QED) is 0.498. The van der Waals surface area contributed by atoms with Crippen LogP contribution in [-0.2, 0) is 0 Å². The molecule has 0 aliphatic carbocycles. The number of hydrogen-bond donors (Lipinski definition) is 1. The van der Waals surface area contributed by atoms with Crippen LogP contribution >= 0.6 is 11.6 Å². The standard InChI is InChI=1S/C10H12ClN3O3/c11-7-1-3-13(4-2-7)10(15)9-5-8(6-12-9)14(16)17/h5-7,12H,1-4H2. The van der Waals surface area contributed by atoms with Gasteiger partial charge in [-0.05, 0) is 12.8 Å². The van der Waals surface area contributed by atoms with Crippen LogP contribution in [0.5, 0.6) is 0 Å². The Bertz CT molecular complexity index is 438. The molecule has 1 saturated heterocycles. The van der Waals surface area contributed by atoms with Crippen molar-refractivity contribution in [2.45, 2.75) is 18.2 Å². The maximum absolute atomic E-state index is 12.0. The molecule has 0 saturated carbocycles. The fraction of sp³-hybridized carbons (Fsp3) is 0.500. The second kappa shape index (κ2) is 4.75. The summed E-state index contributed by atoms with van der Waals surface area (Å²) in [5.41, 5.74) is 0.158. The molecular weight excluding hydrogens is 246 g/mol. The molecule has 0 bridgehead atoms. The number of likely N-dealkylation sites (tertiary alicyclic amines) is 1. The summed E-state index contributed by atoms with van der Waals surface area (Å²) < 4.78 is 0. The maximum atomic E-state index is 12.0. The number of amides is 1. The molecular formula is C10H12ClN3O3. The third-order valence-electron chi connectivity index (χ3n) is 2.82. The molecule has 1 aliphatic rings. The van der Waals surface area contributed by atoms with Crippen molar-refractivity contribution < 1.29 is 9.72 Å². The Hall–Kier alpha value is -1.56. The molecule has 0 aromatic carbocycles. The smallest absolute Gasteiger partial charge is 0.287 e. The van der Waals surface area contributed by atoms with Crippen molar-refractivity contribution in [2.24, 2.45) is 0 Å². The van der Waals surface area contributed by atoms with Crippen molar-refractivity contribution in [1.82, 2.24) is 9.88 Å². The monoisotopic (exact) mass is 257 g/mol. The van der Waals surface area contributed by atoms with E-state index in [4.69, 9.17) is 11.6 Å². The van der Waals surface area contributed by atoms with Gasteiger partial charge in [0.2, 0.25) is 0 Å². The maximum Gasteiger partial charge on any atom is 0.287 e. The van der Waals surface area contributed by atoms with Gasteiger partial charge in [0.1, 0.15) is 5.69 Å². The largest absolute Gasteiger partial charge is 0.351 e. The van der Waals surface area contributed by atoms with E-state index in [1.165, 1.54) is 12.3 Å². The summed E-state index contributed by atoms with van der Waals surface area (Å²) in [5, 5.41) is 10.6. The molecule has 0 spiro atoms. The van der Waals surface area contributed by atoms with Gasteiger partial charge in [-0.15, -0.1) is 11.6 Å². The van der Waals surface area contributed by atoms with E-state index in [9.17, 15) is 14.9 Å². The lowest BCUT2D eigenvalue weighted by atomic mass is 10.1. The number of piperidine rings is 1. The Morgan fingerprint density at radius 3 is 2.71 bits per heavy atom. The average molecular weight is 258 g/mol. The number of carbonyl (C=O) groups excluding carboxylic acids is 1. The van der Waals surface area contributed by atoms with Crippen LogP contribution in [0, 0.1) is 10.1 Å². The summed E-state index contributed by atoms with van der Waals surface area (Å²) in [7, 11) is 0. The van der Waals surface area contributed by atoms with Crippen molar-refractivity contribution >= 4 is 23.2 Å². The minimum absolute atomic E-state index is 0.0967. The number of H-pyrrole nitrogens is 1. The van der Waals surface area contributed by atoms with Gasteiger partial charge in [0, 0.05) is 24.5 Å². The molecule has 92 valence electrons. The van der Waals surface area contributed by atoms with Gasteiger partial charge in [-0.25, -0.2) is 0 Å². The Kier molecular flexibility index (Phi) is 3.33. The number of nitrogens with one attached hydrogen (secondary N) is 1. The van der Waals surface area contributed by atoms with E-state index in [1.54, 1.807) is 4.90 Å². The number of rotatable bonds is 2. The Labute approximate surface area is 103 Å². The van der Waals surface area contributed by atoms with E-state index < -0.39 is 4.92 Å². The van der Waals surface area contributed by atoms with Crippen LogP contribution < -0.4 is 0 Å². The number of carbonyl (C=O) groups is 1. The van der Waals surface area contributed by atoms with Crippen molar-refractivity contribution in [2.75, 3.05) is 13.1 Å². The predicted molar refractivity (Wildman–Crippen MR) is 62.2 cm³/mol. The highest BCUT2D eigenvalue weighted by molar-refractivity contribution is 6.20. The molecule has 7 heteroatoms. The number of nitro groups is 1. The molecule has 6 nitrogen and oxygen atoms in total. The van der Waals surface area contributed by atoms with Crippen LogP contribution in [0.2, 0.25) is 0 Å². The molecule has 0 atom stereocenters. The van der Waals surface area contributed by atoms with E-state index in [2.05, 4.69) is 4.98 Å². The highest BCUT2D eigenvalue weighted by Gasteiger charge is 2.24. The number of halogens is 1. The van der Waals surface area contributed by atoms with Gasteiger partial charge in [-0.1, -0.05) is 0 Å². The van der Waals surface area contributed by atoms with E-state index in [0.717, 1.165) is 12.8 Å². The van der Waals surface area contributed by atoms with Crippen molar-refractivity contribution in [3.8, 4) is 0 Å². The molecule has 2 heterocycles. The SMILES string of the molecule is O=C(c1cc([N+](=O)[O-])c[nH]1)N1CCC(Cl)CC1. The molecule has 1 aliphatic heterocycles. The highest BCUT2D eigenvalue weighted by Crippen LogP contribution is 2.19. The van der Waals surface area contributed by atoms with Crippen LogP contribution in [-0.4, -0.2) is 39.2 Å². The van der Waals surface area contributed by atoms with E-state index in [1.807, 2.05) is 0 Å². The fourth-order valence-corrected chi connectivity index (χ4v) is 2.03. The lowest BCUT2D eigenvalue weighted by molar-refractivity contribution is -0.384. The first-order valence-electron chi connectivity index (χ1n) is 5.34. The van der Waals surface area contributed by atoms with Crippen LogP contribution in [0.25, 0.3) is 0 Å². The second-order valence-corrected chi connectivity index (χ2v) is 4.61. The van der Waals surface area contributed by atoms with E-state index in [0.29, 0.717) is 13.1 Å². The minimum atomic E-state index is -0.529. The third kappa shape index (κ3) is 2.58. The summed E-state index contributed by atoms with van der Waals surface area (Å²) in [4.78, 5) is 26.2. The predicted octanol–water partition coefficient (Wildman–Crippen LogP) is 1.77. The van der Waals surface area contributed by atoms with Crippen LogP contribution in [0.4, 0.5) is 5.69 Å². The second-order valence-electron chi connectivity index (χ2n) is 4.00. The van der Waals surface area contributed by atoms with E-state index >= 15 is 0 Å². The topological polar surface area (TPSA) is 79.2 Å². The van der Waals surface area contributed by atoms with E-state index in [-0.39, 0.29) is 22.7 Å². The average Bonchev–Trinajstić information content (AvgIpc) is 2.78. The van der Waals surface area contributed by atoms with Gasteiger partial charge in [0.25, 0.3) is 11.6 Å². The number of aromatic nitrogens is 1. The zero-order chi connectivity index (χ0) is 12.4. The molecule has 0 unspecified atom stereocenters. The summed E-state index contributed by atoms with van der Waals surface area (Å²) in [6, 6.07) is 1.26. The molecule has 1 amide bonds. The van der Waals surface area contributed by atoms with Crippen molar-refractivity contribution in [3.63, 3.8) is 0 Å². The molecule has 1 fully saturated rings. The molecule has 0 radical (unpaired) electrons. The van der Waals surface area contributed by atoms with Gasteiger partial charge in [0.15, 0.2) is 0 Å². The number of nitrogens with zero attached hydrogens (tertiary/aromatic N) is 2. The zero-order valence-corrected chi connectivity index (χ0v) is 9.81. The molecule has 1 N–H and O–H groups in total. The Morgan fingerprint density at radius 2 is 2.18 bits per heavy atom. The minimum Gasteiger partial charge on any atom is -0.351 e. The first kappa shape index (κ1) is 11.9. The number of hydrogen-bond acceptors (Lipinski definition) is 3. The molecule has 1 aromatic heterocycles. The van der Waals surface area contributed by atoms with Crippen LogP contribution in [0.1, 0.15) is 23.3 Å². The number of aromatic amines is 1. The summed E-state index contributed by atoms with van der Waals surface area (Å²) in [6.07, 6.45) is 2.74. The fourth-order valence-electron chi connectivity index (χ4n) is 1.83. The first-order chi connectivity index (χ1) is 8.08. The van der Waals surface area contributed by atoms with Crippen LogP contribution in [0.15, 0.2) is 12.3 Å². The first-order valence-corrected chi connectivity index (χ1v) is 5.77.